The number of hydrogen-bond acceptors (Lipinski definition) is 5. The maximum atomic E-state index is 11.5. The first-order valence-corrected chi connectivity index (χ1v) is 6.18. The molecule has 1 amide bonds. The maximum Gasteiger partial charge on any atom is 0.239 e. The first-order chi connectivity index (χ1) is 8.63. The molecule has 0 aliphatic heterocycles. The Kier molecular flexibility index (Phi) is 5.35. The molecule has 0 saturated carbocycles. The van der Waals surface area contributed by atoms with E-state index in [4.69, 9.17) is 5.73 Å². The second-order valence-corrected chi connectivity index (χ2v) is 4.00. The largest absolute Gasteiger partial charge is 0.383 e. The van der Waals surface area contributed by atoms with Crippen LogP contribution >= 0.6 is 0 Å². The van der Waals surface area contributed by atoms with Gasteiger partial charge in [-0.1, -0.05) is 13.3 Å². The first-order valence-electron chi connectivity index (χ1n) is 6.18. The lowest BCUT2D eigenvalue weighted by Crippen LogP contribution is -2.36. The average molecular weight is 251 g/mol. The third-order valence-electron chi connectivity index (χ3n) is 2.75. The van der Waals surface area contributed by atoms with Crippen LogP contribution < -0.4 is 16.0 Å². The third kappa shape index (κ3) is 3.32. The quantitative estimate of drug-likeness (QED) is 0.772. The number of amides is 1. The fraction of sp³-hybridized carbons (Fsp3) is 0.583. The Hall–Kier alpha value is -1.85. The number of carbonyl (C=O) groups is 1. The van der Waals surface area contributed by atoms with E-state index in [1.54, 1.807) is 7.05 Å². The van der Waals surface area contributed by atoms with Crippen molar-refractivity contribution < 1.29 is 4.79 Å². The summed E-state index contributed by atoms with van der Waals surface area (Å²) in [5.74, 6) is 1.21. The van der Waals surface area contributed by atoms with Crippen LogP contribution in [0.25, 0.3) is 0 Å². The van der Waals surface area contributed by atoms with Gasteiger partial charge in [-0.15, -0.1) is 0 Å². The summed E-state index contributed by atoms with van der Waals surface area (Å²) in [5, 5.41) is 2.61. The minimum Gasteiger partial charge on any atom is -0.383 e. The normalized spacial score (nSPS) is 10.2. The van der Waals surface area contributed by atoms with Crippen LogP contribution in [-0.4, -0.2) is 36.0 Å². The predicted octanol–water partition coefficient (Wildman–Crippen LogP) is 0.584. The van der Waals surface area contributed by atoms with E-state index in [0.717, 1.165) is 24.2 Å². The first kappa shape index (κ1) is 14.2. The number of nitrogens with one attached hydrogen (secondary N) is 1. The second kappa shape index (κ2) is 6.78. The Morgan fingerprint density at radius 2 is 2.17 bits per heavy atom. The summed E-state index contributed by atoms with van der Waals surface area (Å²) in [7, 11) is 1.62. The minimum atomic E-state index is -0.0449. The molecule has 100 valence electrons. The summed E-state index contributed by atoms with van der Waals surface area (Å²) in [6, 6.07) is 0. The summed E-state index contributed by atoms with van der Waals surface area (Å²) in [5.41, 5.74) is 6.81. The van der Waals surface area contributed by atoms with Gasteiger partial charge in [0.1, 0.15) is 18.0 Å². The molecule has 0 spiro atoms. The van der Waals surface area contributed by atoms with E-state index in [9.17, 15) is 4.79 Å². The van der Waals surface area contributed by atoms with Crippen LogP contribution in [0, 0.1) is 0 Å². The zero-order valence-electron chi connectivity index (χ0n) is 11.2. The van der Waals surface area contributed by atoms with Crippen LogP contribution in [0.5, 0.6) is 0 Å². The van der Waals surface area contributed by atoms with Crippen LogP contribution in [0.2, 0.25) is 0 Å². The third-order valence-corrected chi connectivity index (χ3v) is 2.75. The molecule has 0 bridgehead atoms. The van der Waals surface area contributed by atoms with Gasteiger partial charge >= 0.3 is 0 Å². The van der Waals surface area contributed by atoms with E-state index >= 15 is 0 Å². The summed E-state index contributed by atoms with van der Waals surface area (Å²) in [6.45, 7) is 5.03. The Bertz CT molecular complexity index is 407. The summed E-state index contributed by atoms with van der Waals surface area (Å²) in [6.07, 6.45) is 3.21. The van der Waals surface area contributed by atoms with Crippen molar-refractivity contribution in [2.75, 3.05) is 30.8 Å². The molecule has 0 aromatic carbocycles. The number of likely N-dealkylation sites (N-methyl/N-ethyl adjacent to an activating group) is 2. The number of aromatic nitrogens is 2. The highest BCUT2D eigenvalue weighted by molar-refractivity contribution is 5.81. The van der Waals surface area contributed by atoms with Gasteiger partial charge in [0.15, 0.2) is 0 Å². The standard InChI is InChI=1S/C12H21N5O/c1-4-6-9-11(13)15-8-16-12(9)17(5-2)7-10(18)14-3/h8H,4-7H2,1-3H3,(H,14,18)(H2,13,15,16). The molecule has 0 radical (unpaired) electrons. The van der Waals surface area contributed by atoms with Gasteiger partial charge in [0.25, 0.3) is 0 Å². The second-order valence-electron chi connectivity index (χ2n) is 4.00. The molecule has 1 heterocycles. The van der Waals surface area contributed by atoms with E-state index in [1.165, 1.54) is 6.33 Å². The highest BCUT2D eigenvalue weighted by Crippen LogP contribution is 2.22. The van der Waals surface area contributed by atoms with Crippen molar-refractivity contribution in [3.63, 3.8) is 0 Å². The van der Waals surface area contributed by atoms with Crippen molar-refractivity contribution in [1.29, 1.82) is 0 Å². The van der Waals surface area contributed by atoms with E-state index in [2.05, 4.69) is 22.2 Å². The van der Waals surface area contributed by atoms with Gasteiger partial charge in [0, 0.05) is 19.2 Å². The molecule has 1 aromatic rings. The Balaban J connectivity index is 3.04. The number of nitrogens with zero attached hydrogens (tertiary/aromatic N) is 3. The molecule has 6 nitrogen and oxygen atoms in total. The highest BCUT2D eigenvalue weighted by Gasteiger charge is 2.16. The molecular formula is C12H21N5O. The Morgan fingerprint density at radius 3 is 2.72 bits per heavy atom. The van der Waals surface area contributed by atoms with Gasteiger partial charge in [-0.25, -0.2) is 9.97 Å². The predicted molar refractivity (Wildman–Crippen MR) is 72.4 cm³/mol. The molecular weight excluding hydrogens is 230 g/mol. The summed E-state index contributed by atoms with van der Waals surface area (Å²) in [4.78, 5) is 21.7. The summed E-state index contributed by atoms with van der Waals surface area (Å²) < 4.78 is 0. The molecule has 6 heteroatoms. The van der Waals surface area contributed by atoms with Gasteiger partial charge in [-0.2, -0.15) is 0 Å². The number of carbonyl (C=O) groups excluding carboxylic acids is 1. The summed E-state index contributed by atoms with van der Waals surface area (Å²) >= 11 is 0. The Labute approximate surface area is 108 Å². The molecule has 0 unspecified atom stereocenters. The average Bonchev–Trinajstić information content (AvgIpc) is 2.38. The molecule has 0 atom stereocenters. The SMILES string of the molecule is CCCc1c(N)ncnc1N(CC)CC(=O)NC. The fourth-order valence-corrected chi connectivity index (χ4v) is 1.77. The van der Waals surface area contributed by atoms with Crippen LogP contribution in [0.3, 0.4) is 0 Å². The molecule has 0 fully saturated rings. The van der Waals surface area contributed by atoms with Crippen molar-refractivity contribution >= 4 is 17.5 Å². The lowest BCUT2D eigenvalue weighted by Gasteiger charge is -2.23. The zero-order valence-corrected chi connectivity index (χ0v) is 11.2. The minimum absolute atomic E-state index is 0.0449. The van der Waals surface area contributed by atoms with Gasteiger partial charge in [0.05, 0.1) is 6.54 Å². The van der Waals surface area contributed by atoms with Crippen LogP contribution in [-0.2, 0) is 11.2 Å². The molecule has 18 heavy (non-hydrogen) atoms. The van der Waals surface area contributed by atoms with Crippen molar-refractivity contribution in [2.24, 2.45) is 0 Å². The number of nitrogens with two attached hydrogens (primary N) is 1. The van der Waals surface area contributed by atoms with E-state index < -0.39 is 0 Å². The monoisotopic (exact) mass is 251 g/mol. The zero-order chi connectivity index (χ0) is 13.5. The van der Waals surface area contributed by atoms with Crippen LogP contribution in [0.15, 0.2) is 6.33 Å². The number of rotatable bonds is 6. The number of nitrogen functional groups attached to an aromatic ring is 1. The van der Waals surface area contributed by atoms with Gasteiger partial charge in [0.2, 0.25) is 5.91 Å². The van der Waals surface area contributed by atoms with Crippen LogP contribution in [0.4, 0.5) is 11.6 Å². The molecule has 3 N–H and O–H groups in total. The Morgan fingerprint density at radius 1 is 1.44 bits per heavy atom. The van der Waals surface area contributed by atoms with E-state index in [-0.39, 0.29) is 12.5 Å². The molecule has 0 aliphatic rings. The van der Waals surface area contributed by atoms with Crippen molar-refractivity contribution in [1.82, 2.24) is 15.3 Å². The number of anilines is 2. The van der Waals surface area contributed by atoms with Gasteiger partial charge in [-0.05, 0) is 13.3 Å². The van der Waals surface area contributed by atoms with Crippen molar-refractivity contribution in [3.05, 3.63) is 11.9 Å². The number of hydrogen-bond donors (Lipinski definition) is 2. The molecule has 1 rings (SSSR count). The van der Waals surface area contributed by atoms with E-state index in [0.29, 0.717) is 12.4 Å². The lowest BCUT2D eigenvalue weighted by molar-refractivity contribution is -0.119. The smallest absolute Gasteiger partial charge is 0.239 e. The van der Waals surface area contributed by atoms with Gasteiger partial charge < -0.3 is 16.0 Å². The topological polar surface area (TPSA) is 84.1 Å². The fourth-order valence-electron chi connectivity index (χ4n) is 1.77. The maximum absolute atomic E-state index is 11.5. The lowest BCUT2D eigenvalue weighted by atomic mass is 10.1. The van der Waals surface area contributed by atoms with Crippen molar-refractivity contribution in [3.8, 4) is 0 Å². The van der Waals surface area contributed by atoms with Crippen LogP contribution in [0.1, 0.15) is 25.8 Å². The van der Waals surface area contributed by atoms with Crippen molar-refractivity contribution in [2.45, 2.75) is 26.7 Å². The van der Waals surface area contributed by atoms with E-state index in [1.807, 2.05) is 11.8 Å². The van der Waals surface area contributed by atoms with Gasteiger partial charge in [-0.3, -0.25) is 4.79 Å². The highest BCUT2D eigenvalue weighted by atomic mass is 16.1. The molecule has 0 aliphatic carbocycles. The molecule has 1 aromatic heterocycles. The molecule has 0 saturated heterocycles.